The van der Waals surface area contributed by atoms with Crippen LogP contribution in [0.3, 0.4) is 0 Å². The number of carboxylic acid groups (broad SMARTS) is 1. The van der Waals surface area contributed by atoms with E-state index >= 15 is 0 Å². The number of rotatable bonds is 5. The number of carboxylic acids is 1. The molecule has 0 amide bonds. The van der Waals surface area contributed by atoms with Crippen molar-refractivity contribution >= 4 is 11.7 Å². The van der Waals surface area contributed by atoms with Crippen LogP contribution in [0.4, 0.5) is 5.69 Å². The first-order valence-corrected chi connectivity index (χ1v) is 6.96. The van der Waals surface area contributed by atoms with E-state index in [9.17, 15) is 4.79 Å². The molecule has 1 aliphatic heterocycles. The summed E-state index contributed by atoms with van der Waals surface area (Å²) in [6.07, 6.45) is 4.51. The smallest absolute Gasteiger partial charge is 0.304 e. The molecule has 1 atom stereocenters. The first-order valence-electron chi connectivity index (χ1n) is 6.96. The van der Waals surface area contributed by atoms with Crippen LogP contribution in [-0.2, 0) is 11.2 Å². The molecule has 104 valence electrons. The number of piperidine rings is 1. The molecule has 0 aliphatic carbocycles. The van der Waals surface area contributed by atoms with Crippen LogP contribution in [-0.4, -0.2) is 30.2 Å². The second kappa shape index (κ2) is 6.57. The van der Waals surface area contributed by atoms with Gasteiger partial charge < -0.3 is 15.7 Å². The molecule has 0 unspecified atom stereocenters. The Bertz CT molecular complexity index is 411. The van der Waals surface area contributed by atoms with Crippen LogP contribution in [0.25, 0.3) is 0 Å². The molecule has 1 fully saturated rings. The Balaban J connectivity index is 1.92. The molecule has 0 aromatic heterocycles. The molecule has 0 saturated carbocycles. The minimum Gasteiger partial charge on any atom is -0.481 e. The van der Waals surface area contributed by atoms with Crippen LogP contribution < -0.4 is 10.6 Å². The van der Waals surface area contributed by atoms with E-state index in [-0.39, 0.29) is 12.5 Å². The van der Waals surface area contributed by atoms with Gasteiger partial charge in [0.05, 0.1) is 6.42 Å². The van der Waals surface area contributed by atoms with Crippen molar-refractivity contribution in [3.8, 4) is 0 Å². The maximum Gasteiger partial charge on any atom is 0.304 e. The normalized spacial score (nSPS) is 17.2. The predicted octanol–water partition coefficient (Wildman–Crippen LogP) is 2.02. The lowest BCUT2D eigenvalue weighted by Crippen LogP contribution is -2.29. The molecular weight excluding hydrogens is 240 g/mol. The average molecular weight is 262 g/mol. The van der Waals surface area contributed by atoms with E-state index in [1.54, 1.807) is 0 Å². The van der Waals surface area contributed by atoms with Gasteiger partial charge in [-0.25, -0.2) is 0 Å². The molecule has 4 heteroatoms. The van der Waals surface area contributed by atoms with E-state index in [1.807, 2.05) is 0 Å². The monoisotopic (exact) mass is 262 g/mol. The molecule has 0 spiro atoms. The van der Waals surface area contributed by atoms with Crippen molar-refractivity contribution in [1.29, 1.82) is 0 Å². The maximum atomic E-state index is 10.6. The average Bonchev–Trinajstić information content (AvgIpc) is 2.39. The fraction of sp³-hybridized carbons (Fsp3) is 0.533. The zero-order valence-electron chi connectivity index (χ0n) is 11.2. The zero-order chi connectivity index (χ0) is 13.7. The van der Waals surface area contributed by atoms with Gasteiger partial charge in [0.15, 0.2) is 0 Å². The minimum absolute atomic E-state index is 0.0217. The zero-order valence-corrected chi connectivity index (χ0v) is 11.2. The number of benzene rings is 1. The largest absolute Gasteiger partial charge is 0.481 e. The highest BCUT2D eigenvalue weighted by Crippen LogP contribution is 2.20. The summed E-state index contributed by atoms with van der Waals surface area (Å²) in [5.74, 6) is -0.836. The Labute approximate surface area is 114 Å². The predicted molar refractivity (Wildman–Crippen MR) is 76.4 cm³/mol. The maximum absolute atomic E-state index is 10.6. The summed E-state index contributed by atoms with van der Waals surface area (Å²) in [6, 6.07) is 8.05. The molecule has 19 heavy (non-hydrogen) atoms. The number of hydrogen-bond acceptors (Lipinski definition) is 3. The summed E-state index contributed by atoms with van der Waals surface area (Å²) >= 11 is 0. The van der Waals surface area contributed by atoms with Crippen molar-refractivity contribution in [3.63, 3.8) is 0 Å². The lowest BCUT2D eigenvalue weighted by molar-refractivity contribution is -0.137. The minimum atomic E-state index is -0.836. The van der Waals surface area contributed by atoms with Crippen molar-refractivity contribution in [3.05, 3.63) is 29.8 Å². The van der Waals surface area contributed by atoms with Crippen molar-refractivity contribution in [2.24, 2.45) is 5.73 Å². The third kappa shape index (κ3) is 4.24. The van der Waals surface area contributed by atoms with Gasteiger partial charge in [-0.05, 0) is 43.4 Å². The quantitative estimate of drug-likeness (QED) is 0.852. The van der Waals surface area contributed by atoms with Crippen molar-refractivity contribution in [1.82, 2.24) is 0 Å². The van der Waals surface area contributed by atoms with Crippen LogP contribution in [0.5, 0.6) is 0 Å². The number of carbonyl (C=O) groups is 1. The molecule has 0 radical (unpaired) electrons. The van der Waals surface area contributed by atoms with E-state index in [4.69, 9.17) is 10.8 Å². The molecule has 1 aromatic rings. The number of nitrogens with zero attached hydrogens (tertiary/aromatic N) is 1. The third-order valence-corrected chi connectivity index (χ3v) is 3.59. The fourth-order valence-corrected chi connectivity index (χ4v) is 2.59. The van der Waals surface area contributed by atoms with E-state index in [0.717, 1.165) is 18.7 Å². The van der Waals surface area contributed by atoms with Crippen LogP contribution in [0.1, 0.15) is 31.2 Å². The summed E-state index contributed by atoms with van der Waals surface area (Å²) in [6.45, 7) is 2.27. The van der Waals surface area contributed by atoms with Crippen molar-refractivity contribution in [2.45, 2.75) is 38.1 Å². The van der Waals surface area contributed by atoms with E-state index in [2.05, 4.69) is 29.2 Å². The SMILES string of the molecule is N[C@H](CC(=O)O)Cc1ccc(N2CCCCC2)cc1. The number of anilines is 1. The summed E-state index contributed by atoms with van der Waals surface area (Å²) in [5, 5.41) is 8.69. The van der Waals surface area contributed by atoms with E-state index < -0.39 is 5.97 Å². The topological polar surface area (TPSA) is 66.6 Å². The van der Waals surface area contributed by atoms with Gasteiger partial charge in [-0.2, -0.15) is 0 Å². The highest BCUT2D eigenvalue weighted by molar-refractivity contribution is 5.67. The summed E-state index contributed by atoms with van der Waals surface area (Å²) in [7, 11) is 0. The lowest BCUT2D eigenvalue weighted by atomic mass is 10.0. The fourth-order valence-electron chi connectivity index (χ4n) is 2.59. The van der Waals surface area contributed by atoms with Gasteiger partial charge in [-0.3, -0.25) is 4.79 Å². The molecule has 2 rings (SSSR count). The summed E-state index contributed by atoms with van der Waals surface area (Å²) < 4.78 is 0. The highest BCUT2D eigenvalue weighted by Gasteiger charge is 2.12. The van der Waals surface area contributed by atoms with E-state index in [0.29, 0.717) is 6.42 Å². The Morgan fingerprint density at radius 1 is 1.21 bits per heavy atom. The summed E-state index contributed by atoms with van der Waals surface area (Å²) in [5.41, 5.74) is 8.16. The summed E-state index contributed by atoms with van der Waals surface area (Å²) in [4.78, 5) is 13.0. The third-order valence-electron chi connectivity index (χ3n) is 3.59. The van der Waals surface area contributed by atoms with Crippen LogP contribution in [0, 0.1) is 0 Å². The van der Waals surface area contributed by atoms with Gasteiger partial charge in [0, 0.05) is 24.8 Å². The molecule has 1 aliphatic rings. The number of aliphatic carboxylic acids is 1. The molecule has 3 N–H and O–H groups in total. The molecule has 1 saturated heterocycles. The molecular formula is C15H22N2O2. The molecule has 1 aromatic carbocycles. The molecule has 1 heterocycles. The second-order valence-electron chi connectivity index (χ2n) is 5.28. The lowest BCUT2D eigenvalue weighted by Gasteiger charge is -2.29. The van der Waals surface area contributed by atoms with Crippen molar-refractivity contribution < 1.29 is 9.90 Å². The van der Waals surface area contributed by atoms with E-state index in [1.165, 1.54) is 24.9 Å². The number of hydrogen-bond donors (Lipinski definition) is 2. The highest BCUT2D eigenvalue weighted by atomic mass is 16.4. The van der Waals surface area contributed by atoms with Crippen molar-refractivity contribution in [2.75, 3.05) is 18.0 Å². The molecule has 4 nitrogen and oxygen atoms in total. The van der Waals surface area contributed by atoms with Crippen LogP contribution >= 0.6 is 0 Å². The van der Waals surface area contributed by atoms with Gasteiger partial charge >= 0.3 is 5.97 Å². The molecule has 0 bridgehead atoms. The first-order chi connectivity index (χ1) is 9.15. The van der Waals surface area contributed by atoms with Gasteiger partial charge in [-0.1, -0.05) is 12.1 Å². The Kier molecular flexibility index (Phi) is 4.80. The standard InChI is InChI=1S/C15H22N2O2/c16-13(11-15(18)19)10-12-4-6-14(7-5-12)17-8-2-1-3-9-17/h4-7,13H,1-3,8-11,16H2,(H,18,19)/t13-/m0/s1. The van der Waals surface area contributed by atoms with Gasteiger partial charge in [0.25, 0.3) is 0 Å². The Morgan fingerprint density at radius 2 is 1.84 bits per heavy atom. The second-order valence-corrected chi connectivity index (χ2v) is 5.28. The Hall–Kier alpha value is -1.55. The van der Waals surface area contributed by atoms with Gasteiger partial charge in [0.2, 0.25) is 0 Å². The van der Waals surface area contributed by atoms with Crippen LogP contribution in [0.15, 0.2) is 24.3 Å². The van der Waals surface area contributed by atoms with Gasteiger partial charge in [0.1, 0.15) is 0 Å². The first kappa shape index (κ1) is 13.9. The van der Waals surface area contributed by atoms with Gasteiger partial charge in [-0.15, -0.1) is 0 Å². The Morgan fingerprint density at radius 3 is 2.42 bits per heavy atom. The number of nitrogens with two attached hydrogens (primary N) is 1. The van der Waals surface area contributed by atoms with Crippen LogP contribution in [0.2, 0.25) is 0 Å².